The highest BCUT2D eigenvalue weighted by Gasteiger charge is 2.64. The Hall–Kier alpha value is -5.20. The zero-order valence-electron chi connectivity index (χ0n) is 27.7. The fourth-order valence-electron chi connectivity index (χ4n) is 6.18. The molecular weight excluding hydrogens is 722 g/mol. The number of aromatic nitrogens is 6. The van der Waals surface area contributed by atoms with Gasteiger partial charge in [0.05, 0.1) is 22.9 Å². The lowest BCUT2D eigenvalue weighted by atomic mass is 9.75. The molecule has 0 bridgehead atoms. The zero-order chi connectivity index (χ0) is 37.8. The number of aromatic amines is 1. The van der Waals surface area contributed by atoms with E-state index < -0.39 is 71.3 Å². The van der Waals surface area contributed by atoms with Gasteiger partial charge < -0.3 is 15.8 Å². The molecule has 4 N–H and O–H groups in total. The third-order valence-corrected chi connectivity index (χ3v) is 9.04. The number of benzene rings is 2. The van der Waals surface area contributed by atoms with Crippen LogP contribution in [-0.2, 0) is 15.1 Å². The number of ether oxygens (including phenoxy) is 1. The number of rotatable bonds is 10. The van der Waals surface area contributed by atoms with Gasteiger partial charge in [-0.3, -0.25) is 9.69 Å². The Balaban J connectivity index is 1.43. The normalized spacial score (nSPS) is 19.2. The molecule has 2 amide bonds. The maximum absolute atomic E-state index is 15.6. The minimum atomic E-state index is -4.75. The van der Waals surface area contributed by atoms with E-state index in [1.54, 1.807) is 0 Å². The van der Waals surface area contributed by atoms with Crippen molar-refractivity contribution in [2.75, 3.05) is 6.61 Å². The molecule has 0 spiro atoms. The number of H-pyrrole nitrogens is 1. The van der Waals surface area contributed by atoms with E-state index in [1.807, 2.05) is 26.1 Å². The zero-order valence-corrected chi connectivity index (χ0v) is 28.4. The summed E-state index contributed by atoms with van der Waals surface area (Å²) in [7, 11) is 0. The topological polar surface area (TPSA) is 169 Å². The van der Waals surface area contributed by atoms with Crippen LogP contribution in [0.5, 0.6) is 0 Å². The molecule has 0 saturated heterocycles. The second-order valence-electron chi connectivity index (χ2n) is 13.7. The van der Waals surface area contributed by atoms with Gasteiger partial charge in [0.2, 0.25) is 0 Å². The predicted molar refractivity (Wildman–Crippen MR) is 173 cm³/mol. The Kier molecular flexibility index (Phi) is 9.21. The fourth-order valence-corrected chi connectivity index (χ4v) is 6.38. The molecule has 2 atom stereocenters. The molecule has 1 aliphatic heterocycles. The van der Waals surface area contributed by atoms with E-state index in [0.29, 0.717) is 0 Å². The molecule has 4 aromatic rings. The fraction of sp³-hybridized carbons (Fsp3) is 0.406. The van der Waals surface area contributed by atoms with Crippen molar-refractivity contribution in [2.24, 2.45) is 16.1 Å². The van der Waals surface area contributed by atoms with Crippen LogP contribution in [0.2, 0.25) is 5.02 Å². The van der Waals surface area contributed by atoms with Crippen molar-refractivity contribution in [2.45, 2.75) is 69.8 Å². The van der Waals surface area contributed by atoms with Crippen LogP contribution < -0.4 is 11.1 Å². The maximum Gasteiger partial charge on any atom is 0.411 e. The van der Waals surface area contributed by atoms with Gasteiger partial charge in [-0.15, -0.1) is 0 Å². The third kappa shape index (κ3) is 6.75. The van der Waals surface area contributed by atoms with Gasteiger partial charge in [-0.25, -0.2) is 32.6 Å². The van der Waals surface area contributed by atoms with Crippen LogP contribution in [0.4, 0.5) is 31.1 Å². The Labute approximate surface area is 296 Å². The molecule has 0 unspecified atom stereocenters. The number of halogens is 7. The van der Waals surface area contributed by atoms with Crippen LogP contribution in [0, 0.1) is 11.2 Å². The molecule has 2 aliphatic rings. The van der Waals surface area contributed by atoms with Crippen molar-refractivity contribution in [3.05, 3.63) is 76.7 Å². The summed E-state index contributed by atoms with van der Waals surface area (Å²) >= 11 is 6.39. The van der Waals surface area contributed by atoms with E-state index in [-0.39, 0.29) is 52.4 Å². The number of hydrogen-bond donors (Lipinski definition) is 3. The summed E-state index contributed by atoms with van der Waals surface area (Å²) in [6.45, 7) is 4.67. The van der Waals surface area contributed by atoms with E-state index >= 15 is 4.39 Å². The highest BCUT2D eigenvalue weighted by atomic mass is 35.5. The standard InChI is InChI=1S/C32H31ClF6N10O3/c1-29(2,3)14-31(17-5-6-18(20(34)11-17)21-12-42-47-46-21)26(50)48(27(40)44-31)23(13-52-28(51)45-30(8-9-30)32(37,38)39)16-4-7-19(33)22(10-16)49-25(24(35)36)41-15-43-49/h4-7,10-12,15,23-24H,8-9,13-14H2,1-3H3,(H2,40,44)(H,45,51)(H,42,46,47)/t23-,31-/m1/s1. The van der Waals surface area contributed by atoms with Gasteiger partial charge in [-0.1, -0.05) is 44.5 Å². The molecule has 1 aliphatic carbocycles. The first kappa shape index (κ1) is 36.6. The minimum absolute atomic E-state index is 0.0104. The minimum Gasteiger partial charge on any atom is -0.447 e. The number of amides is 2. The number of carbonyl (C=O) groups is 2. The summed E-state index contributed by atoms with van der Waals surface area (Å²) in [5.74, 6) is -2.70. The van der Waals surface area contributed by atoms with E-state index in [2.05, 4.69) is 30.5 Å². The number of aliphatic imine (C=N–C) groups is 1. The first-order valence-corrected chi connectivity index (χ1v) is 16.1. The number of hydrogen-bond acceptors (Lipinski definition) is 9. The Bertz CT molecular complexity index is 2030. The van der Waals surface area contributed by atoms with Crippen LogP contribution in [0.15, 0.2) is 53.9 Å². The molecule has 20 heteroatoms. The molecule has 1 fully saturated rings. The lowest BCUT2D eigenvalue weighted by molar-refractivity contribution is -0.164. The van der Waals surface area contributed by atoms with E-state index in [4.69, 9.17) is 22.1 Å². The number of alkyl carbamates (subject to hydrolysis) is 1. The third-order valence-electron chi connectivity index (χ3n) is 8.72. The molecule has 13 nitrogen and oxygen atoms in total. The van der Waals surface area contributed by atoms with E-state index in [1.165, 1.54) is 36.5 Å². The molecule has 276 valence electrons. The monoisotopic (exact) mass is 752 g/mol. The lowest BCUT2D eigenvalue weighted by Gasteiger charge is -2.35. The van der Waals surface area contributed by atoms with Gasteiger partial charge in [0.1, 0.15) is 30.0 Å². The number of nitrogens with one attached hydrogen (secondary N) is 2. The number of nitrogens with two attached hydrogens (primary N) is 1. The molecule has 3 heterocycles. The first-order valence-electron chi connectivity index (χ1n) is 15.7. The van der Waals surface area contributed by atoms with Crippen molar-refractivity contribution >= 4 is 29.6 Å². The molecule has 2 aromatic heterocycles. The summed E-state index contributed by atoms with van der Waals surface area (Å²) in [5, 5.41) is 15.6. The molecule has 52 heavy (non-hydrogen) atoms. The van der Waals surface area contributed by atoms with Gasteiger partial charge in [0.25, 0.3) is 12.3 Å². The quantitative estimate of drug-likeness (QED) is 0.163. The number of carbonyl (C=O) groups excluding carboxylic acids is 2. The first-order chi connectivity index (χ1) is 24.4. The summed E-state index contributed by atoms with van der Waals surface area (Å²) in [4.78, 5) is 36.8. The number of alkyl halides is 5. The molecule has 2 aromatic carbocycles. The van der Waals surface area contributed by atoms with Crippen molar-refractivity contribution in [1.29, 1.82) is 0 Å². The summed E-state index contributed by atoms with van der Waals surface area (Å²) in [6, 6.07) is 6.54. The molecular formula is C32H31ClF6N10O3. The SMILES string of the molecule is CC(C)(C)C[C@]1(c2ccc(-c3cn[nH]n3)c(F)c2)N=C(N)N([C@H](COC(=O)NC2(C(F)(F)F)CC2)c2ccc(Cl)c(-n3ncnc3C(F)F)c2)C1=O. The highest BCUT2D eigenvalue weighted by Crippen LogP contribution is 2.49. The van der Waals surface area contributed by atoms with Crippen LogP contribution in [0.25, 0.3) is 16.9 Å². The van der Waals surface area contributed by atoms with Gasteiger partial charge in [-0.05, 0) is 60.1 Å². The van der Waals surface area contributed by atoms with Crippen LogP contribution in [-0.4, -0.2) is 71.4 Å². The summed E-state index contributed by atoms with van der Waals surface area (Å²) in [6.07, 6.45) is -7.77. The van der Waals surface area contributed by atoms with Crippen LogP contribution in [0.3, 0.4) is 0 Å². The van der Waals surface area contributed by atoms with Gasteiger partial charge in [0.15, 0.2) is 17.3 Å². The summed E-state index contributed by atoms with van der Waals surface area (Å²) in [5.41, 5.74) is 1.91. The van der Waals surface area contributed by atoms with Crippen molar-refractivity contribution in [3.8, 4) is 16.9 Å². The second kappa shape index (κ2) is 13.1. The smallest absolute Gasteiger partial charge is 0.411 e. The maximum atomic E-state index is 15.6. The largest absolute Gasteiger partial charge is 0.447 e. The Morgan fingerprint density at radius 2 is 1.88 bits per heavy atom. The Morgan fingerprint density at radius 3 is 2.48 bits per heavy atom. The molecule has 0 radical (unpaired) electrons. The number of guanidine groups is 1. The van der Waals surface area contributed by atoms with Crippen molar-refractivity contribution in [3.63, 3.8) is 0 Å². The van der Waals surface area contributed by atoms with Crippen molar-refractivity contribution < 1.29 is 40.7 Å². The lowest BCUT2D eigenvalue weighted by Crippen LogP contribution is -2.50. The summed E-state index contributed by atoms with van der Waals surface area (Å²) < 4.78 is 90.2. The average molecular weight is 753 g/mol. The van der Waals surface area contributed by atoms with Crippen LogP contribution in [0.1, 0.15) is 69.5 Å². The predicted octanol–water partition coefficient (Wildman–Crippen LogP) is 6.13. The van der Waals surface area contributed by atoms with Crippen LogP contribution >= 0.6 is 11.6 Å². The molecule has 1 saturated carbocycles. The van der Waals surface area contributed by atoms with Gasteiger partial charge in [0, 0.05) is 5.56 Å². The molecule has 6 rings (SSSR count). The number of nitrogens with zero attached hydrogens (tertiary/aromatic N) is 7. The second-order valence-corrected chi connectivity index (χ2v) is 14.1. The van der Waals surface area contributed by atoms with Crippen molar-refractivity contribution in [1.82, 2.24) is 40.4 Å². The van der Waals surface area contributed by atoms with E-state index in [9.17, 15) is 31.5 Å². The van der Waals surface area contributed by atoms with Gasteiger partial charge in [-0.2, -0.15) is 33.7 Å². The van der Waals surface area contributed by atoms with Gasteiger partial charge >= 0.3 is 12.3 Å². The average Bonchev–Trinajstić information content (AvgIpc) is 3.37. The van der Waals surface area contributed by atoms with E-state index in [0.717, 1.165) is 22.0 Å². The Morgan fingerprint density at radius 1 is 1.15 bits per heavy atom. The highest BCUT2D eigenvalue weighted by molar-refractivity contribution is 6.32.